The summed E-state index contributed by atoms with van der Waals surface area (Å²) in [5, 5.41) is 9.61. The Kier molecular flexibility index (Phi) is 2.49. The second-order valence-corrected chi connectivity index (χ2v) is 5.24. The molecule has 0 aromatic heterocycles. The zero-order chi connectivity index (χ0) is 9.26. The molecule has 0 aromatic carbocycles. The largest absolute Gasteiger partial charge is 0.502 e. The highest BCUT2D eigenvalue weighted by Gasteiger charge is 2.33. The van der Waals surface area contributed by atoms with E-state index in [1.54, 1.807) is 0 Å². The summed E-state index contributed by atoms with van der Waals surface area (Å²) in [6.45, 7) is 0. The van der Waals surface area contributed by atoms with Crippen molar-refractivity contribution >= 4 is 16.4 Å². The molecular formula is C9H13NO2S. The SMILES string of the molecule is O=C([O-])[S+]1CC(C2CCCC2)=CN1. The summed E-state index contributed by atoms with van der Waals surface area (Å²) in [6, 6.07) is 0. The molecule has 3 nitrogen and oxygen atoms in total. The summed E-state index contributed by atoms with van der Waals surface area (Å²) in [7, 11) is 0. The Morgan fingerprint density at radius 1 is 1.54 bits per heavy atom. The summed E-state index contributed by atoms with van der Waals surface area (Å²) < 4.78 is 2.89. The molecule has 0 amide bonds. The summed E-state index contributed by atoms with van der Waals surface area (Å²) in [5.74, 6) is 1.32. The van der Waals surface area contributed by atoms with Gasteiger partial charge in [-0.2, -0.15) is 0 Å². The average Bonchev–Trinajstić information content (AvgIpc) is 2.75. The van der Waals surface area contributed by atoms with Gasteiger partial charge in [-0.25, -0.2) is 4.72 Å². The molecule has 0 saturated heterocycles. The zero-order valence-electron chi connectivity index (χ0n) is 7.41. The number of carbonyl (C=O) groups is 1. The van der Waals surface area contributed by atoms with Crippen molar-refractivity contribution in [2.45, 2.75) is 25.7 Å². The summed E-state index contributed by atoms with van der Waals surface area (Å²) in [6.07, 6.45) is 6.95. The van der Waals surface area contributed by atoms with E-state index in [2.05, 4.69) is 4.72 Å². The Balaban J connectivity index is 1.92. The first kappa shape index (κ1) is 8.94. The van der Waals surface area contributed by atoms with E-state index in [1.165, 1.54) is 31.3 Å². The van der Waals surface area contributed by atoms with Crippen LogP contribution in [0.15, 0.2) is 11.8 Å². The van der Waals surface area contributed by atoms with Crippen molar-refractivity contribution in [2.75, 3.05) is 5.75 Å². The van der Waals surface area contributed by atoms with Crippen LogP contribution in [0.3, 0.4) is 0 Å². The fourth-order valence-corrected chi connectivity index (χ4v) is 3.28. The highest BCUT2D eigenvalue weighted by atomic mass is 32.2. The van der Waals surface area contributed by atoms with E-state index in [1.807, 2.05) is 6.20 Å². The van der Waals surface area contributed by atoms with Gasteiger partial charge in [0.05, 0.1) is 6.20 Å². The predicted molar refractivity (Wildman–Crippen MR) is 50.8 cm³/mol. The Bertz CT molecular complexity index is 246. The molecule has 2 aliphatic rings. The molecule has 4 heteroatoms. The number of hydrogen-bond acceptors (Lipinski definition) is 3. The molecule has 0 aromatic rings. The van der Waals surface area contributed by atoms with Gasteiger partial charge < -0.3 is 9.90 Å². The van der Waals surface area contributed by atoms with Crippen LogP contribution in [0.2, 0.25) is 0 Å². The molecule has 1 N–H and O–H groups in total. The predicted octanol–water partition coefficient (Wildman–Crippen LogP) is 0.540. The van der Waals surface area contributed by atoms with E-state index in [0.717, 1.165) is 0 Å². The van der Waals surface area contributed by atoms with Gasteiger partial charge in [-0.15, -0.1) is 0 Å². The number of hydrogen-bond donors (Lipinski definition) is 1. The molecule has 1 aliphatic carbocycles. The van der Waals surface area contributed by atoms with Crippen molar-refractivity contribution in [3.8, 4) is 0 Å². The van der Waals surface area contributed by atoms with Gasteiger partial charge in [0.25, 0.3) is 0 Å². The van der Waals surface area contributed by atoms with Crippen LogP contribution in [-0.4, -0.2) is 11.1 Å². The molecule has 1 atom stereocenters. The number of carboxylic acid groups (broad SMARTS) is 1. The minimum Gasteiger partial charge on any atom is -0.502 e. The minimum absolute atomic E-state index is 0.643. The molecule has 1 heterocycles. The van der Waals surface area contributed by atoms with Crippen molar-refractivity contribution in [2.24, 2.45) is 5.92 Å². The molecule has 0 bridgehead atoms. The maximum atomic E-state index is 10.6. The van der Waals surface area contributed by atoms with Gasteiger partial charge in [-0.3, -0.25) is 0 Å². The smallest absolute Gasteiger partial charge is 0.301 e. The third-order valence-electron chi connectivity index (χ3n) is 2.78. The van der Waals surface area contributed by atoms with Crippen LogP contribution in [0.1, 0.15) is 25.7 Å². The molecule has 0 spiro atoms. The lowest BCUT2D eigenvalue weighted by Gasteiger charge is -2.06. The van der Waals surface area contributed by atoms with Crippen LogP contribution in [0, 0.1) is 5.92 Å². The average molecular weight is 199 g/mol. The Labute approximate surface area is 80.7 Å². The number of nitrogens with one attached hydrogen (secondary N) is 1. The van der Waals surface area contributed by atoms with Crippen molar-refractivity contribution < 1.29 is 9.90 Å². The number of rotatable bonds is 1. The summed E-state index contributed by atoms with van der Waals surface area (Å²) >= 11 is -0.742. The normalized spacial score (nSPS) is 28.6. The highest BCUT2D eigenvalue weighted by molar-refractivity contribution is 8.09. The van der Waals surface area contributed by atoms with Crippen LogP contribution >= 0.6 is 0 Å². The maximum absolute atomic E-state index is 10.6. The lowest BCUT2D eigenvalue weighted by Crippen LogP contribution is -2.36. The van der Waals surface area contributed by atoms with E-state index in [0.29, 0.717) is 11.7 Å². The van der Waals surface area contributed by atoms with Crippen molar-refractivity contribution in [1.29, 1.82) is 0 Å². The van der Waals surface area contributed by atoms with Gasteiger partial charge in [-0.1, -0.05) is 12.8 Å². The second-order valence-electron chi connectivity index (χ2n) is 3.60. The Hall–Kier alpha value is -0.640. The Morgan fingerprint density at radius 2 is 2.23 bits per heavy atom. The molecule has 1 unspecified atom stereocenters. The van der Waals surface area contributed by atoms with Crippen molar-refractivity contribution in [3.63, 3.8) is 0 Å². The molecular weight excluding hydrogens is 186 g/mol. The monoisotopic (exact) mass is 199 g/mol. The van der Waals surface area contributed by atoms with Crippen LogP contribution in [0.4, 0.5) is 4.79 Å². The van der Waals surface area contributed by atoms with E-state index in [-0.39, 0.29) is 0 Å². The van der Waals surface area contributed by atoms with Gasteiger partial charge in [0.1, 0.15) is 0 Å². The highest BCUT2D eigenvalue weighted by Crippen LogP contribution is 2.33. The maximum Gasteiger partial charge on any atom is 0.301 e. The lowest BCUT2D eigenvalue weighted by molar-refractivity contribution is -0.233. The van der Waals surface area contributed by atoms with Gasteiger partial charge in [0.15, 0.2) is 16.8 Å². The number of carbonyl (C=O) groups excluding carboxylic acids is 1. The molecule has 72 valence electrons. The third-order valence-corrected chi connectivity index (χ3v) is 4.21. The van der Waals surface area contributed by atoms with Gasteiger partial charge in [0, 0.05) is 5.57 Å². The fraction of sp³-hybridized carbons (Fsp3) is 0.667. The molecule has 0 radical (unpaired) electrons. The van der Waals surface area contributed by atoms with Crippen molar-refractivity contribution in [1.82, 2.24) is 4.72 Å². The van der Waals surface area contributed by atoms with Crippen LogP contribution < -0.4 is 9.83 Å². The quantitative estimate of drug-likeness (QED) is 0.627. The zero-order valence-corrected chi connectivity index (χ0v) is 8.23. The van der Waals surface area contributed by atoms with Crippen LogP contribution in [0.25, 0.3) is 0 Å². The lowest BCUT2D eigenvalue weighted by atomic mass is 10.0. The first-order valence-electron chi connectivity index (χ1n) is 4.64. The third kappa shape index (κ3) is 1.82. The summed E-state index contributed by atoms with van der Waals surface area (Å²) in [5.41, 5.74) is 1.30. The van der Waals surface area contributed by atoms with E-state index in [9.17, 15) is 9.90 Å². The fourth-order valence-electron chi connectivity index (χ4n) is 2.04. The first-order chi connectivity index (χ1) is 6.27. The molecule has 1 saturated carbocycles. The minimum atomic E-state index is -0.954. The van der Waals surface area contributed by atoms with Gasteiger partial charge in [0.2, 0.25) is 0 Å². The molecule has 13 heavy (non-hydrogen) atoms. The van der Waals surface area contributed by atoms with E-state index in [4.69, 9.17) is 0 Å². The van der Waals surface area contributed by atoms with E-state index < -0.39 is 16.4 Å². The molecule has 1 fully saturated rings. The standard InChI is InChI=1S/C9H13NO2S/c11-9(12)13-6-8(5-10-13)7-3-1-2-4-7/h5,7,10H,1-4,6H2. The topological polar surface area (TPSA) is 52.2 Å². The summed E-state index contributed by atoms with van der Waals surface area (Å²) in [4.78, 5) is 10.6. The van der Waals surface area contributed by atoms with Gasteiger partial charge in [-0.05, 0) is 18.8 Å². The molecule has 2 rings (SSSR count). The first-order valence-corrected chi connectivity index (χ1v) is 6.04. The molecule has 1 aliphatic heterocycles. The second kappa shape index (κ2) is 3.62. The van der Waals surface area contributed by atoms with Gasteiger partial charge >= 0.3 is 5.30 Å². The van der Waals surface area contributed by atoms with Crippen LogP contribution in [-0.2, 0) is 11.1 Å². The van der Waals surface area contributed by atoms with Crippen molar-refractivity contribution in [3.05, 3.63) is 11.8 Å². The van der Waals surface area contributed by atoms with E-state index >= 15 is 0 Å². The Morgan fingerprint density at radius 3 is 2.77 bits per heavy atom. The van der Waals surface area contributed by atoms with Crippen LogP contribution in [0.5, 0.6) is 0 Å².